The van der Waals surface area contributed by atoms with E-state index in [2.05, 4.69) is 32.7 Å². The molecule has 2 fully saturated rings. The first-order valence-electron chi connectivity index (χ1n) is 10.4. The largest absolute Gasteiger partial charge is 0.352 e. The first-order chi connectivity index (χ1) is 14.2. The van der Waals surface area contributed by atoms with Gasteiger partial charge in [0, 0.05) is 49.2 Å². The molecule has 6 nitrogen and oxygen atoms in total. The summed E-state index contributed by atoms with van der Waals surface area (Å²) in [5, 5.41) is 5.40. The molecule has 2 aliphatic heterocycles. The topological polar surface area (TPSA) is 65.5 Å². The number of amides is 2. The van der Waals surface area contributed by atoms with Gasteiger partial charge >= 0.3 is 0 Å². The molecule has 4 heterocycles. The molecule has 1 N–H and O–H groups in total. The van der Waals surface area contributed by atoms with Crippen molar-refractivity contribution in [2.75, 3.05) is 26.2 Å². The summed E-state index contributed by atoms with van der Waals surface area (Å²) in [4.78, 5) is 35.1. The molecule has 29 heavy (non-hydrogen) atoms. The minimum Gasteiger partial charge on any atom is -0.352 e. The smallest absolute Gasteiger partial charge is 0.272 e. The number of aromatic nitrogens is 1. The first-order valence-corrected chi connectivity index (χ1v) is 11.3. The van der Waals surface area contributed by atoms with E-state index in [1.165, 1.54) is 4.88 Å². The van der Waals surface area contributed by atoms with Gasteiger partial charge in [0.05, 0.1) is 0 Å². The van der Waals surface area contributed by atoms with Gasteiger partial charge in [-0.15, -0.1) is 11.3 Å². The minimum absolute atomic E-state index is 0.00421. The normalized spacial score (nSPS) is 21.1. The van der Waals surface area contributed by atoms with Crippen LogP contribution < -0.4 is 5.32 Å². The van der Waals surface area contributed by atoms with E-state index in [4.69, 9.17) is 0 Å². The number of hydrogen-bond donors (Lipinski definition) is 1. The van der Waals surface area contributed by atoms with Crippen molar-refractivity contribution in [1.82, 2.24) is 20.1 Å². The lowest BCUT2D eigenvalue weighted by atomic mass is 9.94. The first kappa shape index (κ1) is 20.0. The summed E-state index contributed by atoms with van der Waals surface area (Å²) in [7, 11) is 0. The molecule has 2 amide bonds. The number of carbonyl (C=O) groups is 2. The third kappa shape index (κ3) is 5.22. The Morgan fingerprint density at radius 2 is 1.97 bits per heavy atom. The van der Waals surface area contributed by atoms with Crippen molar-refractivity contribution in [2.45, 2.75) is 38.3 Å². The lowest BCUT2D eigenvalue weighted by molar-refractivity contribution is -0.127. The maximum Gasteiger partial charge on any atom is 0.272 e. The van der Waals surface area contributed by atoms with Crippen LogP contribution in [0.4, 0.5) is 0 Å². The van der Waals surface area contributed by atoms with Gasteiger partial charge in [-0.05, 0) is 55.8 Å². The van der Waals surface area contributed by atoms with Crippen molar-refractivity contribution in [1.29, 1.82) is 0 Å². The van der Waals surface area contributed by atoms with Crippen LogP contribution in [0.15, 0.2) is 41.9 Å². The molecule has 2 saturated heterocycles. The molecule has 154 valence electrons. The van der Waals surface area contributed by atoms with Gasteiger partial charge in [0.2, 0.25) is 5.91 Å². The van der Waals surface area contributed by atoms with Crippen molar-refractivity contribution in [2.24, 2.45) is 5.92 Å². The van der Waals surface area contributed by atoms with Crippen LogP contribution in [-0.2, 0) is 11.3 Å². The summed E-state index contributed by atoms with van der Waals surface area (Å²) in [5.74, 6) is 0.106. The molecule has 0 bridgehead atoms. The molecule has 0 aromatic carbocycles. The Morgan fingerprint density at radius 1 is 1.10 bits per heavy atom. The highest BCUT2D eigenvalue weighted by molar-refractivity contribution is 7.09. The van der Waals surface area contributed by atoms with Crippen LogP contribution >= 0.6 is 11.3 Å². The van der Waals surface area contributed by atoms with Gasteiger partial charge in [-0.3, -0.25) is 19.5 Å². The van der Waals surface area contributed by atoms with E-state index >= 15 is 0 Å². The molecule has 2 aromatic rings. The number of carbonyl (C=O) groups excluding carboxylic acids is 2. The predicted octanol–water partition coefficient (Wildman–Crippen LogP) is 2.78. The van der Waals surface area contributed by atoms with E-state index < -0.39 is 0 Å². The molecule has 2 aromatic heterocycles. The Kier molecular flexibility index (Phi) is 6.56. The van der Waals surface area contributed by atoms with Gasteiger partial charge in [-0.25, -0.2) is 0 Å². The molecular formula is C22H28N4O2S. The lowest BCUT2D eigenvalue weighted by Gasteiger charge is -2.35. The fourth-order valence-corrected chi connectivity index (χ4v) is 5.00. The third-order valence-corrected chi connectivity index (χ3v) is 6.71. The van der Waals surface area contributed by atoms with Gasteiger partial charge in [0.15, 0.2) is 0 Å². The Balaban J connectivity index is 1.24. The SMILES string of the molecule is O=C(NC1CCCN(Cc2cccs2)C1)C1CCN(C(=O)c2ccccn2)CC1. The molecule has 0 saturated carbocycles. The van der Waals surface area contributed by atoms with Crippen molar-refractivity contribution in [3.63, 3.8) is 0 Å². The molecule has 2 aliphatic rings. The molecule has 0 aliphatic carbocycles. The van der Waals surface area contributed by atoms with Crippen LogP contribution in [0.5, 0.6) is 0 Å². The van der Waals surface area contributed by atoms with Crippen LogP contribution in [-0.4, -0.2) is 58.8 Å². The second-order valence-corrected chi connectivity index (χ2v) is 8.98. The van der Waals surface area contributed by atoms with Gasteiger partial charge in [0.25, 0.3) is 5.91 Å². The number of likely N-dealkylation sites (tertiary alicyclic amines) is 2. The maximum atomic E-state index is 12.8. The zero-order valence-electron chi connectivity index (χ0n) is 16.6. The zero-order chi connectivity index (χ0) is 20.1. The molecule has 7 heteroatoms. The van der Waals surface area contributed by atoms with Gasteiger partial charge in [-0.1, -0.05) is 12.1 Å². The number of hydrogen-bond acceptors (Lipinski definition) is 5. The van der Waals surface area contributed by atoms with Crippen LogP contribution in [0.3, 0.4) is 0 Å². The Bertz CT molecular complexity index is 803. The fraction of sp³-hybridized carbons (Fsp3) is 0.500. The van der Waals surface area contributed by atoms with Crippen LogP contribution in [0.1, 0.15) is 41.0 Å². The van der Waals surface area contributed by atoms with E-state index in [0.29, 0.717) is 18.8 Å². The highest BCUT2D eigenvalue weighted by Gasteiger charge is 2.30. The summed E-state index contributed by atoms with van der Waals surface area (Å²) >= 11 is 1.79. The minimum atomic E-state index is -0.0408. The average Bonchev–Trinajstić information content (AvgIpc) is 3.27. The second-order valence-electron chi connectivity index (χ2n) is 7.94. The monoisotopic (exact) mass is 412 g/mol. The number of pyridine rings is 1. The molecule has 0 spiro atoms. The Morgan fingerprint density at radius 3 is 2.69 bits per heavy atom. The van der Waals surface area contributed by atoms with Crippen molar-refractivity contribution >= 4 is 23.2 Å². The van der Waals surface area contributed by atoms with Crippen LogP contribution in [0.2, 0.25) is 0 Å². The van der Waals surface area contributed by atoms with E-state index in [0.717, 1.165) is 45.3 Å². The Hall–Kier alpha value is -2.25. The number of nitrogens with zero attached hydrogens (tertiary/aromatic N) is 3. The molecule has 4 rings (SSSR count). The summed E-state index contributed by atoms with van der Waals surface area (Å²) in [6.07, 6.45) is 5.24. The molecular weight excluding hydrogens is 384 g/mol. The number of thiophene rings is 1. The molecule has 0 radical (unpaired) electrons. The van der Waals surface area contributed by atoms with E-state index in [-0.39, 0.29) is 23.8 Å². The summed E-state index contributed by atoms with van der Waals surface area (Å²) in [6, 6.07) is 9.86. The van der Waals surface area contributed by atoms with Gasteiger partial charge < -0.3 is 10.2 Å². The van der Waals surface area contributed by atoms with Crippen molar-refractivity contribution < 1.29 is 9.59 Å². The summed E-state index contributed by atoms with van der Waals surface area (Å²) < 4.78 is 0. The van der Waals surface area contributed by atoms with Crippen LogP contribution in [0.25, 0.3) is 0 Å². The molecule has 1 unspecified atom stereocenters. The standard InChI is InChI=1S/C22H28N4O2S/c27-21(24-18-5-3-11-25(15-18)16-19-6-4-14-29-19)17-8-12-26(13-9-17)22(28)20-7-1-2-10-23-20/h1-2,4,6-7,10,14,17-18H,3,5,8-9,11-13,15-16H2,(H,24,27). The highest BCUT2D eigenvalue weighted by Crippen LogP contribution is 2.21. The summed E-state index contributed by atoms with van der Waals surface area (Å²) in [5.41, 5.74) is 0.475. The maximum absolute atomic E-state index is 12.8. The number of rotatable bonds is 5. The van der Waals surface area contributed by atoms with Crippen LogP contribution in [0, 0.1) is 5.92 Å². The van der Waals surface area contributed by atoms with Gasteiger partial charge in [-0.2, -0.15) is 0 Å². The summed E-state index contributed by atoms with van der Waals surface area (Å²) in [6.45, 7) is 4.21. The quantitative estimate of drug-likeness (QED) is 0.820. The third-order valence-electron chi connectivity index (χ3n) is 5.85. The van der Waals surface area contributed by atoms with E-state index in [1.807, 2.05) is 11.0 Å². The van der Waals surface area contributed by atoms with E-state index in [9.17, 15) is 9.59 Å². The fourth-order valence-electron chi connectivity index (χ4n) is 4.25. The van der Waals surface area contributed by atoms with Crippen molar-refractivity contribution in [3.05, 3.63) is 52.5 Å². The van der Waals surface area contributed by atoms with Crippen molar-refractivity contribution in [3.8, 4) is 0 Å². The molecule has 1 atom stereocenters. The lowest BCUT2D eigenvalue weighted by Crippen LogP contribution is -2.50. The second kappa shape index (κ2) is 9.50. The van der Waals surface area contributed by atoms with Gasteiger partial charge in [0.1, 0.15) is 5.69 Å². The predicted molar refractivity (Wildman–Crippen MR) is 114 cm³/mol. The Labute approximate surface area is 175 Å². The van der Waals surface area contributed by atoms with E-state index in [1.54, 1.807) is 29.7 Å². The number of nitrogens with one attached hydrogen (secondary N) is 1. The average molecular weight is 413 g/mol. The number of piperidine rings is 2. The highest BCUT2D eigenvalue weighted by atomic mass is 32.1. The zero-order valence-corrected chi connectivity index (χ0v) is 17.4.